The summed E-state index contributed by atoms with van der Waals surface area (Å²) < 4.78 is 1.22. The number of rotatable bonds is 2. The SMILES string of the molecule is N#C/C(=C\c1cc(Br)c(Cl)s1)C(=O)O. The first-order chi connectivity index (χ1) is 6.54. The number of hydrogen-bond donors (Lipinski definition) is 1. The van der Waals surface area contributed by atoms with Crippen molar-refractivity contribution >= 4 is 50.9 Å². The lowest BCUT2D eigenvalue weighted by atomic mass is 10.2. The monoisotopic (exact) mass is 291 g/mol. The molecule has 1 aromatic rings. The van der Waals surface area contributed by atoms with Gasteiger partial charge >= 0.3 is 5.97 Å². The summed E-state index contributed by atoms with van der Waals surface area (Å²) >= 11 is 10.1. The van der Waals surface area contributed by atoms with Crippen molar-refractivity contribution in [3.8, 4) is 6.07 Å². The van der Waals surface area contributed by atoms with Gasteiger partial charge in [-0.3, -0.25) is 0 Å². The Hall–Kier alpha value is -0.830. The first kappa shape index (κ1) is 11.2. The van der Waals surface area contributed by atoms with Crippen LogP contribution in [0.15, 0.2) is 16.1 Å². The van der Waals surface area contributed by atoms with E-state index in [0.29, 0.717) is 13.7 Å². The molecule has 0 unspecified atom stereocenters. The normalized spacial score (nSPS) is 11.1. The summed E-state index contributed by atoms with van der Waals surface area (Å²) in [5.41, 5.74) is -0.310. The molecule has 0 spiro atoms. The minimum atomic E-state index is -1.24. The Morgan fingerprint density at radius 2 is 2.43 bits per heavy atom. The van der Waals surface area contributed by atoms with Crippen molar-refractivity contribution in [2.24, 2.45) is 0 Å². The second-order valence-corrected chi connectivity index (χ2v) is 4.79. The van der Waals surface area contributed by atoms with Crippen LogP contribution in [0.5, 0.6) is 0 Å². The molecule has 1 rings (SSSR count). The van der Waals surface area contributed by atoms with E-state index in [4.69, 9.17) is 22.0 Å². The van der Waals surface area contributed by atoms with E-state index in [1.54, 1.807) is 12.1 Å². The van der Waals surface area contributed by atoms with E-state index in [1.807, 2.05) is 0 Å². The summed E-state index contributed by atoms with van der Waals surface area (Å²) in [5, 5.41) is 17.1. The number of halogens is 2. The summed E-state index contributed by atoms with van der Waals surface area (Å²) in [5.74, 6) is -1.24. The minimum absolute atomic E-state index is 0.310. The van der Waals surface area contributed by atoms with Crippen LogP contribution in [0.25, 0.3) is 6.08 Å². The molecule has 0 fully saturated rings. The van der Waals surface area contributed by atoms with Crippen molar-refractivity contribution in [1.29, 1.82) is 5.26 Å². The summed E-state index contributed by atoms with van der Waals surface area (Å²) in [7, 11) is 0. The third-order valence-corrected chi connectivity index (χ3v) is 3.72. The van der Waals surface area contributed by atoms with Crippen LogP contribution >= 0.6 is 38.9 Å². The minimum Gasteiger partial charge on any atom is -0.477 e. The highest BCUT2D eigenvalue weighted by atomic mass is 79.9. The molecule has 0 radical (unpaired) electrons. The summed E-state index contributed by atoms with van der Waals surface area (Å²) in [6.45, 7) is 0. The molecule has 0 saturated carbocycles. The maximum absolute atomic E-state index is 10.5. The quantitative estimate of drug-likeness (QED) is 0.673. The van der Waals surface area contributed by atoms with E-state index < -0.39 is 5.97 Å². The number of carboxylic acid groups (broad SMARTS) is 1. The Balaban J connectivity index is 3.08. The molecule has 0 saturated heterocycles. The lowest BCUT2D eigenvalue weighted by Crippen LogP contribution is -1.96. The molecule has 1 N–H and O–H groups in total. The third-order valence-electron chi connectivity index (χ3n) is 1.30. The molecule has 14 heavy (non-hydrogen) atoms. The second-order valence-electron chi connectivity index (χ2n) is 2.25. The zero-order valence-electron chi connectivity index (χ0n) is 6.62. The van der Waals surface area contributed by atoms with Gasteiger partial charge in [0.05, 0.1) is 0 Å². The van der Waals surface area contributed by atoms with E-state index in [-0.39, 0.29) is 5.57 Å². The highest BCUT2D eigenvalue weighted by molar-refractivity contribution is 9.10. The van der Waals surface area contributed by atoms with E-state index in [9.17, 15) is 4.79 Å². The van der Waals surface area contributed by atoms with Crippen LogP contribution in [0.2, 0.25) is 4.34 Å². The maximum atomic E-state index is 10.5. The number of hydrogen-bond acceptors (Lipinski definition) is 3. The van der Waals surface area contributed by atoms with E-state index >= 15 is 0 Å². The fraction of sp³-hybridized carbons (Fsp3) is 0. The average molecular weight is 293 g/mol. The van der Waals surface area contributed by atoms with Gasteiger partial charge in [-0.1, -0.05) is 11.6 Å². The molecule has 0 aliphatic heterocycles. The molecule has 0 aliphatic carbocycles. The Labute approximate surface area is 97.4 Å². The van der Waals surface area contributed by atoms with E-state index in [2.05, 4.69) is 15.9 Å². The van der Waals surface area contributed by atoms with E-state index in [0.717, 1.165) is 0 Å². The summed E-state index contributed by atoms with van der Waals surface area (Å²) in [6.07, 6.45) is 1.28. The number of carbonyl (C=O) groups is 1. The highest BCUT2D eigenvalue weighted by Crippen LogP contribution is 2.33. The Morgan fingerprint density at radius 3 is 2.79 bits per heavy atom. The molecule has 1 aromatic heterocycles. The molecular formula is C8H3BrClNO2S. The highest BCUT2D eigenvalue weighted by Gasteiger charge is 2.08. The number of aliphatic carboxylic acids is 1. The Bertz CT molecular complexity index is 427. The zero-order chi connectivity index (χ0) is 10.7. The lowest BCUT2D eigenvalue weighted by Gasteiger charge is -1.86. The molecule has 6 heteroatoms. The lowest BCUT2D eigenvalue weighted by molar-refractivity contribution is -0.132. The molecule has 72 valence electrons. The van der Waals surface area contributed by atoms with Crippen LogP contribution in [0.3, 0.4) is 0 Å². The summed E-state index contributed by atoms with van der Waals surface area (Å²) in [4.78, 5) is 11.1. The first-order valence-corrected chi connectivity index (χ1v) is 5.33. The number of thiophene rings is 1. The predicted octanol–water partition coefficient (Wildman–Crippen LogP) is 3.16. The average Bonchev–Trinajstić information content (AvgIpc) is 2.41. The van der Waals surface area contributed by atoms with Crippen molar-refractivity contribution < 1.29 is 9.90 Å². The topological polar surface area (TPSA) is 61.1 Å². The van der Waals surface area contributed by atoms with Crippen LogP contribution in [0, 0.1) is 11.3 Å². The van der Waals surface area contributed by atoms with Crippen LogP contribution in [-0.4, -0.2) is 11.1 Å². The molecule has 0 aromatic carbocycles. The van der Waals surface area contributed by atoms with Gasteiger partial charge in [-0.2, -0.15) is 5.26 Å². The van der Waals surface area contributed by atoms with Crippen LogP contribution in [0.1, 0.15) is 4.88 Å². The van der Waals surface area contributed by atoms with Crippen molar-refractivity contribution in [2.75, 3.05) is 0 Å². The van der Waals surface area contributed by atoms with Gasteiger partial charge in [-0.05, 0) is 28.1 Å². The smallest absolute Gasteiger partial charge is 0.346 e. The van der Waals surface area contributed by atoms with Gasteiger partial charge in [0.25, 0.3) is 0 Å². The van der Waals surface area contributed by atoms with Gasteiger partial charge in [0.2, 0.25) is 0 Å². The molecule has 0 bridgehead atoms. The van der Waals surface area contributed by atoms with Crippen molar-refractivity contribution in [1.82, 2.24) is 0 Å². The van der Waals surface area contributed by atoms with Gasteiger partial charge in [0.15, 0.2) is 0 Å². The van der Waals surface area contributed by atoms with Crippen LogP contribution in [-0.2, 0) is 4.79 Å². The largest absolute Gasteiger partial charge is 0.477 e. The maximum Gasteiger partial charge on any atom is 0.346 e. The van der Waals surface area contributed by atoms with Crippen molar-refractivity contribution in [3.05, 3.63) is 25.3 Å². The van der Waals surface area contributed by atoms with Gasteiger partial charge in [0.1, 0.15) is 16.0 Å². The van der Waals surface area contributed by atoms with Gasteiger partial charge in [-0.15, -0.1) is 11.3 Å². The second kappa shape index (κ2) is 4.60. The molecule has 0 atom stereocenters. The van der Waals surface area contributed by atoms with Crippen LogP contribution in [0.4, 0.5) is 0 Å². The predicted molar refractivity (Wildman–Crippen MR) is 58.3 cm³/mol. The Kier molecular flexibility index (Phi) is 3.69. The fourth-order valence-corrected chi connectivity index (χ4v) is 2.40. The van der Waals surface area contributed by atoms with Crippen molar-refractivity contribution in [3.63, 3.8) is 0 Å². The fourth-order valence-electron chi connectivity index (χ4n) is 0.719. The van der Waals surface area contributed by atoms with E-state index in [1.165, 1.54) is 17.4 Å². The molecule has 3 nitrogen and oxygen atoms in total. The molecular weight excluding hydrogens is 290 g/mol. The molecule has 0 amide bonds. The number of carboxylic acids is 1. The van der Waals surface area contributed by atoms with Crippen molar-refractivity contribution in [2.45, 2.75) is 0 Å². The molecule has 1 heterocycles. The standard InChI is InChI=1S/C8H3BrClNO2S/c9-6-2-5(14-7(6)10)1-4(3-11)8(12)13/h1-2H,(H,12,13)/b4-1+. The van der Waals surface area contributed by atoms with Crippen LogP contribution < -0.4 is 0 Å². The number of nitrogens with zero attached hydrogens (tertiary/aromatic N) is 1. The van der Waals surface area contributed by atoms with Gasteiger partial charge in [-0.25, -0.2) is 4.79 Å². The number of nitriles is 1. The summed E-state index contributed by atoms with van der Waals surface area (Å²) in [6, 6.07) is 3.25. The van der Waals surface area contributed by atoms with Gasteiger partial charge < -0.3 is 5.11 Å². The first-order valence-electron chi connectivity index (χ1n) is 3.34. The van der Waals surface area contributed by atoms with Gasteiger partial charge in [0, 0.05) is 9.35 Å². The Morgan fingerprint density at radius 1 is 1.79 bits per heavy atom. The molecule has 0 aliphatic rings. The zero-order valence-corrected chi connectivity index (χ0v) is 9.78. The third kappa shape index (κ3) is 2.58.